The van der Waals surface area contributed by atoms with Crippen molar-refractivity contribution in [2.75, 3.05) is 7.11 Å². The first-order chi connectivity index (χ1) is 8.67. The van der Waals surface area contributed by atoms with Crippen molar-refractivity contribution in [1.29, 1.82) is 0 Å². The second kappa shape index (κ2) is 5.51. The Balaban J connectivity index is 2.48. The van der Waals surface area contributed by atoms with Gasteiger partial charge in [-0.1, -0.05) is 15.9 Å². The Morgan fingerprint density at radius 3 is 2.78 bits per heavy atom. The second-order valence-corrected chi connectivity index (χ2v) is 4.72. The minimum Gasteiger partial charge on any atom is -0.497 e. The second-order valence-electron chi connectivity index (χ2n) is 3.87. The summed E-state index contributed by atoms with van der Waals surface area (Å²) in [6, 6.07) is 7.55. The average Bonchev–Trinajstić information content (AvgIpc) is 2.79. The Bertz CT molecular complexity index is 541. The summed E-state index contributed by atoms with van der Waals surface area (Å²) in [7, 11) is 3.52. The molecule has 0 saturated carbocycles. The number of hydrogen-bond acceptors (Lipinski definition) is 4. The molecule has 2 rings (SSSR count). The summed E-state index contributed by atoms with van der Waals surface area (Å²) in [6.45, 7) is 0. The summed E-state index contributed by atoms with van der Waals surface area (Å²) in [5, 5.41) is 4.16. The fourth-order valence-corrected chi connectivity index (χ4v) is 2.35. The lowest BCUT2D eigenvalue weighted by atomic mass is 10.0. The van der Waals surface area contributed by atoms with Crippen LogP contribution in [0.3, 0.4) is 0 Å². The number of rotatable bonds is 4. The van der Waals surface area contributed by atoms with Crippen LogP contribution in [0.1, 0.15) is 17.3 Å². The van der Waals surface area contributed by atoms with Crippen LogP contribution in [-0.2, 0) is 7.05 Å². The number of nitrogens with one attached hydrogen (secondary N) is 1. The number of aromatic nitrogens is 2. The highest BCUT2D eigenvalue weighted by Crippen LogP contribution is 2.30. The third kappa shape index (κ3) is 2.40. The van der Waals surface area contributed by atoms with Gasteiger partial charge in [0.15, 0.2) is 0 Å². The molecule has 0 fully saturated rings. The van der Waals surface area contributed by atoms with E-state index in [1.54, 1.807) is 18.0 Å². The summed E-state index contributed by atoms with van der Waals surface area (Å²) < 4.78 is 7.99. The van der Waals surface area contributed by atoms with Crippen molar-refractivity contribution in [1.82, 2.24) is 15.2 Å². The normalized spacial score (nSPS) is 12.4. The van der Waals surface area contributed by atoms with Crippen LogP contribution in [0.15, 0.2) is 34.9 Å². The van der Waals surface area contributed by atoms with Gasteiger partial charge in [0.05, 0.1) is 18.8 Å². The van der Waals surface area contributed by atoms with Crippen LogP contribution in [-0.4, -0.2) is 16.9 Å². The van der Waals surface area contributed by atoms with E-state index >= 15 is 0 Å². The first kappa shape index (κ1) is 13.1. The number of ether oxygens (including phenoxy) is 1. The topological polar surface area (TPSA) is 65.1 Å². The van der Waals surface area contributed by atoms with Gasteiger partial charge in [0.2, 0.25) is 0 Å². The molecule has 0 aliphatic heterocycles. The zero-order chi connectivity index (χ0) is 13.1. The highest BCUT2D eigenvalue weighted by Gasteiger charge is 2.19. The van der Waals surface area contributed by atoms with Gasteiger partial charge in [-0.2, -0.15) is 5.10 Å². The van der Waals surface area contributed by atoms with E-state index in [0.29, 0.717) is 0 Å². The number of methoxy groups -OCH3 is 1. The van der Waals surface area contributed by atoms with Crippen LogP contribution in [0.5, 0.6) is 5.75 Å². The molecular weight excluding hydrogens is 296 g/mol. The molecule has 2 aromatic rings. The average molecular weight is 311 g/mol. The number of benzene rings is 1. The van der Waals surface area contributed by atoms with Crippen molar-refractivity contribution >= 4 is 15.9 Å². The minimum atomic E-state index is -0.151. The molecule has 0 bridgehead atoms. The first-order valence-corrected chi connectivity index (χ1v) is 6.24. The quantitative estimate of drug-likeness (QED) is 0.667. The van der Waals surface area contributed by atoms with E-state index in [2.05, 4.69) is 26.5 Å². The van der Waals surface area contributed by atoms with E-state index in [9.17, 15) is 0 Å². The van der Waals surface area contributed by atoms with Gasteiger partial charge in [0, 0.05) is 17.7 Å². The molecule has 0 aliphatic carbocycles. The number of hydrogen-bond donors (Lipinski definition) is 2. The Kier molecular flexibility index (Phi) is 4.00. The van der Waals surface area contributed by atoms with Crippen LogP contribution in [0.4, 0.5) is 0 Å². The van der Waals surface area contributed by atoms with E-state index in [0.717, 1.165) is 21.5 Å². The molecule has 1 atom stereocenters. The third-order valence-corrected chi connectivity index (χ3v) is 3.56. The third-order valence-electron chi connectivity index (χ3n) is 2.84. The SMILES string of the molecule is COc1ccc(Br)c(C(NN)c2ccnn2C)c1. The predicted molar refractivity (Wildman–Crippen MR) is 73.1 cm³/mol. The number of halogens is 1. The molecule has 0 aliphatic rings. The van der Waals surface area contributed by atoms with Gasteiger partial charge in [-0.25, -0.2) is 5.43 Å². The number of nitrogens with zero attached hydrogens (tertiary/aromatic N) is 2. The fraction of sp³-hybridized carbons (Fsp3) is 0.250. The Morgan fingerprint density at radius 2 is 2.22 bits per heavy atom. The summed E-state index contributed by atoms with van der Waals surface area (Å²) in [4.78, 5) is 0. The molecule has 0 radical (unpaired) electrons. The molecular formula is C12H15BrN4O. The zero-order valence-electron chi connectivity index (χ0n) is 10.2. The molecule has 1 aromatic carbocycles. The minimum absolute atomic E-state index is 0.151. The Labute approximate surface area is 114 Å². The highest BCUT2D eigenvalue weighted by molar-refractivity contribution is 9.10. The van der Waals surface area contributed by atoms with Crippen LogP contribution >= 0.6 is 15.9 Å². The largest absolute Gasteiger partial charge is 0.497 e. The molecule has 6 heteroatoms. The molecule has 96 valence electrons. The zero-order valence-corrected chi connectivity index (χ0v) is 11.8. The standard InChI is InChI=1S/C12H15BrN4O/c1-17-11(5-6-15-17)12(16-14)9-7-8(18-2)3-4-10(9)13/h3-7,12,16H,14H2,1-2H3. The van der Waals surface area contributed by atoms with Crippen molar-refractivity contribution in [3.05, 3.63) is 46.2 Å². The van der Waals surface area contributed by atoms with Crippen LogP contribution in [0.2, 0.25) is 0 Å². The van der Waals surface area contributed by atoms with E-state index < -0.39 is 0 Å². The Hall–Kier alpha value is -1.37. The number of hydrazine groups is 1. The molecule has 5 nitrogen and oxygen atoms in total. The van der Waals surface area contributed by atoms with Crippen molar-refractivity contribution in [3.63, 3.8) is 0 Å². The molecule has 1 aromatic heterocycles. The molecule has 18 heavy (non-hydrogen) atoms. The highest BCUT2D eigenvalue weighted by atomic mass is 79.9. The molecule has 3 N–H and O–H groups in total. The summed E-state index contributed by atoms with van der Waals surface area (Å²) in [6.07, 6.45) is 1.74. The van der Waals surface area contributed by atoms with Gasteiger partial charge in [0.25, 0.3) is 0 Å². The number of aryl methyl sites for hydroxylation is 1. The van der Waals surface area contributed by atoms with E-state index in [1.165, 1.54) is 0 Å². The molecule has 0 saturated heterocycles. The lowest BCUT2D eigenvalue weighted by Crippen LogP contribution is -2.30. The Morgan fingerprint density at radius 1 is 1.44 bits per heavy atom. The van der Waals surface area contributed by atoms with Crippen molar-refractivity contribution < 1.29 is 4.74 Å². The van der Waals surface area contributed by atoms with Gasteiger partial charge in [0.1, 0.15) is 5.75 Å². The maximum atomic E-state index is 5.67. The summed E-state index contributed by atoms with van der Waals surface area (Å²) in [5.41, 5.74) is 4.79. The van der Waals surface area contributed by atoms with Crippen LogP contribution < -0.4 is 16.0 Å². The lowest BCUT2D eigenvalue weighted by Gasteiger charge is -2.19. The van der Waals surface area contributed by atoms with Crippen molar-refractivity contribution in [2.45, 2.75) is 6.04 Å². The smallest absolute Gasteiger partial charge is 0.119 e. The van der Waals surface area contributed by atoms with Gasteiger partial charge in [-0.15, -0.1) is 0 Å². The van der Waals surface area contributed by atoms with Crippen molar-refractivity contribution in [3.8, 4) is 5.75 Å². The van der Waals surface area contributed by atoms with Crippen LogP contribution in [0.25, 0.3) is 0 Å². The maximum absolute atomic E-state index is 5.67. The predicted octanol–water partition coefficient (Wildman–Crippen LogP) is 1.74. The molecule has 0 amide bonds. The van der Waals surface area contributed by atoms with Gasteiger partial charge in [-0.05, 0) is 29.8 Å². The first-order valence-electron chi connectivity index (χ1n) is 5.45. The van der Waals surface area contributed by atoms with Gasteiger partial charge in [-0.3, -0.25) is 10.5 Å². The molecule has 0 spiro atoms. The molecule has 1 unspecified atom stereocenters. The molecule has 1 heterocycles. The maximum Gasteiger partial charge on any atom is 0.119 e. The lowest BCUT2D eigenvalue weighted by molar-refractivity contribution is 0.413. The van der Waals surface area contributed by atoms with Crippen molar-refractivity contribution in [2.24, 2.45) is 12.9 Å². The van der Waals surface area contributed by atoms with E-state index in [1.807, 2.05) is 31.3 Å². The summed E-state index contributed by atoms with van der Waals surface area (Å²) in [5.74, 6) is 6.46. The van der Waals surface area contributed by atoms with E-state index in [4.69, 9.17) is 10.6 Å². The van der Waals surface area contributed by atoms with Gasteiger partial charge >= 0.3 is 0 Å². The number of nitrogens with two attached hydrogens (primary N) is 1. The fourth-order valence-electron chi connectivity index (χ4n) is 1.87. The monoisotopic (exact) mass is 310 g/mol. The van der Waals surface area contributed by atoms with E-state index in [-0.39, 0.29) is 6.04 Å². The van der Waals surface area contributed by atoms with Gasteiger partial charge < -0.3 is 4.74 Å². The summed E-state index contributed by atoms with van der Waals surface area (Å²) >= 11 is 3.53. The van der Waals surface area contributed by atoms with Crippen LogP contribution in [0, 0.1) is 0 Å².